The summed E-state index contributed by atoms with van der Waals surface area (Å²) in [6.07, 6.45) is 7.09. The molecule has 8 nitrogen and oxygen atoms in total. The zero-order chi connectivity index (χ0) is 15.3. The average molecular weight is 293 g/mol. The number of carboxylic acid groups (broad SMARTS) is 1. The van der Waals surface area contributed by atoms with E-state index in [1.165, 1.54) is 17.3 Å². The summed E-state index contributed by atoms with van der Waals surface area (Å²) in [4.78, 5) is 28.8. The first kappa shape index (κ1) is 15.1. The van der Waals surface area contributed by atoms with Gasteiger partial charge in [-0.1, -0.05) is 19.3 Å². The maximum absolute atomic E-state index is 12.3. The standard InChI is InChI=1S/C13H19N5O3/c1-18(12(21)16-11-14-7-8-15-17-11)13(9-10(19)20)5-3-2-4-6-13/h7-8H,2-6,9H2,1H3,(H,19,20)(H,14,16,17,21). The Morgan fingerprint density at radius 1 is 1.33 bits per heavy atom. The summed E-state index contributed by atoms with van der Waals surface area (Å²) in [6, 6.07) is -0.411. The van der Waals surface area contributed by atoms with E-state index in [0.717, 1.165) is 19.3 Å². The molecule has 8 heteroatoms. The van der Waals surface area contributed by atoms with E-state index in [4.69, 9.17) is 5.11 Å². The molecule has 1 aromatic heterocycles. The van der Waals surface area contributed by atoms with Crippen LogP contribution < -0.4 is 5.32 Å². The molecule has 0 unspecified atom stereocenters. The van der Waals surface area contributed by atoms with E-state index >= 15 is 0 Å². The van der Waals surface area contributed by atoms with Gasteiger partial charge in [-0.05, 0) is 12.8 Å². The number of carbonyl (C=O) groups excluding carboxylic acids is 1. The molecule has 1 fully saturated rings. The van der Waals surface area contributed by atoms with E-state index in [9.17, 15) is 9.59 Å². The van der Waals surface area contributed by atoms with Gasteiger partial charge in [0.05, 0.1) is 24.4 Å². The molecule has 0 radical (unpaired) electrons. The highest BCUT2D eigenvalue weighted by atomic mass is 16.4. The van der Waals surface area contributed by atoms with Crippen LogP contribution >= 0.6 is 0 Å². The van der Waals surface area contributed by atoms with Crippen molar-refractivity contribution in [2.24, 2.45) is 0 Å². The minimum Gasteiger partial charge on any atom is -0.481 e. The summed E-state index contributed by atoms with van der Waals surface area (Å²) in [6.45, 7) is 0. The summed E-state index contributed by atoms with van der Waals surface area (Å²) in [5, 5.41) is 19.0. The Balaban J connectivity index is 2.11. The lowest BCUT2D eigenvalue weighted by molar-refractivity contribution is -0.140. The third-order valence-electron chi connectivity index (χ3n) is 3.98. The molecule has 0 aliphatic heterocycles. The summed E-state index contributed by atoms with van der Waals surface area (Å²) in [5.41, 5.74) is -0.642. The number of amides is 2. The van der Waals surface area contributed by atoms with Crippen LogP contribution in [0.2, 0.25) is 0 Å². The molecule has 0 atom stereocenters. The molecule has 21 heavy (non-hydrogen) atoms. The second-order valence-corrected chi connectivity index (χ2v) is 5.31. The van der Waals surface area contributed by atoms with Crippen molar-refractivity contribution in [2.75, 3.05) is 12.4 Å². The van der Waals surface area contributed by atoms with Crippen LogP contribution in [-0.2, 0) is 4.79 Å². The summed E-state index contributed by atoms with van der Waals surface area (Å²) in [5.74, 6) is -0.787. The highest BCUT2D eigenvalue weighted by molar-refractivity contribution is 5.88. The average Bonchev–Trinajstić information content (AvgIpc) is 2.47. The maximum Gasteiger partial charge on any atom is 0.324 e. The topological polar surface area (TPSA) is 108 Å². The zero-order valence-electron chi connectivity index (χ0n) is 11.9. The lowest BCUT2D eigenvalue weighted by Crippen LogP contribution is -2.53. The van der Waals surface area contributed by atoms with Gasteiger partial charge >= 0.3 is 12.0 Å². The highest BCUT2D eigenvalue weighted by Crippen LogP contribution is 2.36. The number of nitrogens with one attached hydrogen (secondary N) is 1. The van der Waals surface area contributed by atoms with Gasteiger partial charge < -0.3 is 10.0 Å². The molecule has 0 spiro atoms. The molecule has 1 heterocycles. The molecular formula is C13H19N5O3. The van der Waals surface area contributed by atoms with Crippen molar-refractivity contribution in [1.29, 1.82) is 0 Å². The summed E-state index contributed by atoms with van der Waals surface area (Å²) in [7, 11) is 1.62. The summed E-state index contributed by atoms with van der Waals surface area (Å²) >= 11 is 0. The first-order valence-corrected chi connectivity index (χ1v) is 6.94. The molecule has 1 aliphatic carbocycles. The predicted molar refractivity (Wildman–Crippen MR) is 74.7 cm³/mol. The molecule has 1 saturated carbocycles. The molecule has 2 N–H and O–H groups in total. The van der Waals surface area contributed by atoms with Gasteiger partial charge in [-0.15, -0.1) is 5.10 Å². The van der Waals surface area contributed by atoms with Gasteiger partial charge in [0.15, 0.2) is 0 Å². The Morgan fingerprint density at radius 2 is 2.05 bits per heavy atom. The zero-order valence-corrected chi connectivity index (χ0v) is 11.9. The van der Waals surface area contributed by atoms with Gasteiger partial charge in [-0.3, -0.25) is 10.1 Å². The number of carbonyl (C=O) groups is 2. The first-order valence-electron chi connectivity index (χ1n) is 6.94. The van der Waals surface area contributed by atoms with Crippen LogP contribution in [-0.4, -0.2) is 49.8 Å². The minimum atomic E-state index is -0.894. The second kappa shape index (κ2) is 6.47. The van der Waals surface area contributed by atoms with Crippen LogP contribution in [0.1, 0.15) is 38.5 Å². The van der Waals surface area contributed by atoms with Crippen LogP contribution in [0.25, 0.3) is 0 Å². The van der Waals surface area contributed by atoms with Gasteiger partial charge in [-0.25, -0.2) is 9.78 Å². The fourth-order valence-electron chi connectivity index (χ4n) is 2.82. The van der Waals surface area contributed by atoms with E-state index in [1.807, 2.05) is 0 Å². The van der Waals surface area contributed by atoms with Crippen molar-refractivity contribution >= 4 is 17.9 Å². The van der Waals surface area contributed by atoms with Crippen molar-refractivity contribution in [3.05, 3.63) is 12.4 Å². The van der Waals surface area contributed by atoms with Crippen molar-refractivity contribution in [3.8, 4) is 0 Å². The fraction of sp³-hybridized carbons (Fsp3) is 0.615. The summed E-state index contributed by atoms with van der Waals surface area (Å²) < 4.78 is 0. The second-order valence-electron chi connectivity index (χ2n) is 5.31. The van der Waals surface area contributed by atoms with E-state index in [2.05, 4.69) is 20.5 Å². The van der Waals surface area contributed by atoms with Crippen LogP contribution in [0, 0.1) is 0 Å². The quantitative estimate of drug-likeness (QED) is 0.871. The third kappa shape index (κ3) is 3.65. The smallest absolute Gasteiger partial charge is 0.324 e. The van der Waals surface area contributed by atoms with Gasteiger partial charge in [-0.2, -0.15) is 5.10 Å². The van der Waals surface area contributed by atoms with Gasteiger partial charge in [0.25, 0.3) is 5.95 Å². The molecule has 1 aromatic rings. The molecule has 2 amide bonds. The molecule has 2 rings (SSSR count). The van der Waals surface area contributed by atoms with Gasteiger partial charge in [0, 0.05) is 7.05 Å². The Kier molecular flexibility index (Phi) is 4.66. The predicted octanol–water partition coefficient (Wildman–Crippen LogP) is 1.51. The molecule has 114 valence electrons. The number of carboxylic acids is 1. The number of rotatable bonds is 4. The monoisotopic (exact) mass is 293 g/mol. The lowest BCUT2D eigenvalue weighted by Gasteiger charge is -2.43. The Labute approximate surface area is 122 Å². The van der Waals surface area contributed by atoms with Crippen molar-refractivity contribution in [2.45, 2.75) is 44.1 Å². The fourth-order valence-corrected chi connectivity index (χ4v) is 2.82. The van der Waals surface area contributed by atoms with Crippen LogP contribution in [0.5, 0.6) is 0 Å². The molecule has 1 aliphatic rings. The van der Waals surface area contributed by atoms with Crippen molar-refractivity contribution in [3.63, 3.8) is 0 Å². The molecule has 0 saturated heterocycles. The Hall–Kier alpha value is -2.25. The number of aliphatic carboxylic acids is 1. The van der Waals surface area contributed by atoms with Crippen LogP contribution in [0.4, 0.5) is 10.7 Å². The number of urea groups is 1. The minimum absolute atomic E-state index is 0.0508. The van der Waals surface area contributed by atoms with Crippen molar-refractivity contribution in [1.82, 2.24) is 20.1 Å². The normalized spacial score (nSPS) is 17.0. The van der Waals surface area contributed by atoms with Crippen LogP contribution in [0.3, 0.4) is 0 Å². The van der Waals surface area contributed by atoms with E-state index < -0.39 is 17.5 Å². The Morgan fingerprint density at radius 3 is 2.62 bits per heavy atom. The molecule has 0 bridgehead atoms. The number of anilines is 1. The van der Waals surface area contributed by atoms with E-state index in [0.29, 0.717) is 12.8 Å². The van der Waals surface area contributed by atoms with E-state index in [1.54, 1.807) is 7.05 Å². The van der Waals surface area contributed by atoms with Crippen molar-refractivity contribution < 1.29 is 14.7 Å². The Bertz CT molecular complexity index is 502. The SMILES string of the molecule is CN(C(=O)Nc1nccnn1)C1(CC(=O)O)CCCCC1. The van der Waals surface area contributed by atoms with Crippen LogP contribution in [0.15, 0.2) is 12.4 Å². The maximum atomic E-state index is 12.3. The number of hydrogen-bond acceptors (Lipinski definition) is 5. The lowest BCUT2D eigenvalue weighted by atomic mass is 9.78. The van der Waals surface area contributed by atoms with E-state index in [-0.39, 0.29) is 12.4 Å². The first-order chi connectivity index (χ1) is 10.0. The largest absolute Gasteiger partial charge is 0.481 e. The molecular weight excluding hydrogens is 274 g/mol. The number of nitrogens with zero attached hydrogens (tertiary/aromatic N) is 4. The molecule has 0 aromatic carbocycles. The highest BCUT2D eigenvalue weighted by Gasteiger charge is 2.40. The number of aromatic nitrogens is 3. The van der Waals surface area contributed by atoms with Gasteiger partial charge in [0.2, 0.25) is 0 Å². The third-order valence-corrected chi connectivity index (χ3v) is 3.98. The van der Waals surface area contributed by atoms with Gasteiger partial charge in [0.1, 0.15) is 0 Å². The number of hydrogen-bond donors (Lipinski definition) is 2.